The van der Waals surface area contributed by atoms with E-state index in [1.54, 1.807) is 47.2 Å². The molecule has 0 aliphatic rings. The van der Waals surface area contributed by atoms with Crippen LogP contribution in [-0.2, 0) is 12.8 Å². The van der Waals surface area contributed by atoms with Crippen molar-refractivity contribution in [2.24, 2.45) is 0 Å². The number of nitrogens with two attached hydrogens (primary N) is 2. The number of benzene rings is 2. The molecule has 8 heterocycles. The van der Waals surface area contributed by atoms with Gasteiger partial charge in [-0.3, -0.25) is 9.97 Å². The number of fused-ring (bicyclic) bond motifs is 2. The van der Waals surface area contributed by atoms with Crippen molar-refractivity contribution in [1.29, 1.82) is 0 Å². The number of aromatic nitrogens is 12. The highest BCUT2D eigenvalue weighted by Gasteiger charge is 2.23. The highest BCUT2D eigenvalue weighted by Crippen LogP contribution is 2.37. The standard InChI is InChI=1S/C25H23FN8.C23H17ClFN7/c1-15-13-17(11-12-28-15)22-23(16-7-9-18(26)10-8-16)31-25(27)34-24(22)30-20(32-34)14-19-5-4-6-21(29-19)33(2)3;1-13-11-15(9-10-27-13)20-21(14-5-7-16(25)8-6-14)30-23(26)32-22(20)29-19(31-32)12-17-3-2-4-18(24)28-17/h4-13H,14H2,1-3H3,(H2,27,31);2-11H,12H2,1H3,(H2,26,30). The molecular formula is C48H40ClF2N15. The third-order valence-corrected chi connectivity index (χ3v) is 10.6. The summed E-state index contributed by atoms with van der Waals surface area (Å²) in [7, 11) is 3.89. The number of rotatable bonds is 9. The third-order valence-electron chi connectivity index (χ3n) is 10.4. The number of halogens is 3. The SMILES string of the molecule is Cc1cc(-c2c(-c3ccc(F)cc3)nc(N)n3nc(Cc4cccc(Cl)n4)nc23)ccn1.Cc1cc(-c2c(-c3ccc(F)cc3)nc(N)n3nc(Cc4cccc(N(C)C)n4)nc23)ccn1. The first-order valence-electron chi connectivity index (χ1n) is 20.6. The van der Waals surface area contributed by atoms with Crippen LogP contribution < -0.4 is 16.4 Å². The van der Waals surface area contributed by atoms with E-state index in [9.17, 15) is 8.78 Å². The molecule has 0 saturated heterocycles. The van der Waals surface area contributed by atoms with Crippen LogP contribution in [0.5, 0.6) is 0 Å². The van der Waals surface area contributed by atoms with E-state index in [1.807, 2.05) is 87.4 Å². The summed E-state index contributed by atoms with van der Waals surface area (Å²) in [4.78, 5) is 38.4. The van der Waals surface area contributed by atoms with E-state index in [1.165, 1.54) is 28.8 Å². The average Bonchev–Trinajstić information content (AvgIpc) is 3.92. The van der Waals surface area contributed by atoms with Crippen molar-refractivity contribution in [3.8, 4) is 44.8 Å². The van der Waals surface area contributed by atoms with Crippen LogP contribution in [-0.4, -0.2) is 73.2 Å². The summed E-state index contributed by atoms with van der Waals surface area (Å²) in [6.07, 6.45) is 4.27. The maximum Gasteiger partial charge on any atom is 0.223 e. The summed E-state index contributed by atoms with van der Waals surface area (Å²) in [5.74, 6) is 1.66. The van der Waals surface area contributed by atoms with E-state index >= 15 is 0 Å². The predicted molar refractivity (Wildman–Crippen MR) is 251 cm³/mol. The molecule has 0 spiro atoms. The quantitative estimate of drug-likeness (QED) is 0.131. The lowest BCUT2D eigenvalue weighted by molar-refractivity contribution is 0.627. The normalized spacial score (nSPS) is 11.2. The molecule has 18 heteroatoms. The second kappa shape index (κ2) is 18.1. The van der Waals surface area contributed by atoms with Gasteiger partial charge in [0, 0.05) is 54.7 Å². The molecule has 10 rings (SSSR count). The molecule has 2 aromatic carbocycles. The molecule has 0 saturated carbocycles. The Morgan fingerprint density at radius 3 is 1.44 bits per heavy atom. The molecule has 0 aliphatic carbocycles. The Morgan fingerprint density at radius 2 is 1.00 bits per heavy atom. The van der Waals surface area contributed by atoms with Gasteiger partial charge in [-0.2, -0.15) is 9.03 Å². The Kier molecular flexibility index (Phi) is 11.8. The van der Waals surface area contributed by atoms with Crippen molar-refractivity contribution in [2.45, 2.75) is 26.7 Å². The van der Waals surface area contributed by atoms with Crippen LogP contribution in [0.2, 0.25) is 5.15 Å². The molecule has 0 unspecified atom stereocenters. The molecule has 10 aromatic rings. The lowest BCUT2D eigenvalue weighted by Crippen LogP contribution is -2.11. The molecule has 0 fully saturated rings. The number of pyridine rings is 4. The largest absolute Gasteiger partial charge is 0.368 e. The monoisotopic (exact) mass is 899 g/mol. The first-order valence-corrected chi connectivity index (χ1v) is 21.0. The van der Waals surface area contributed by atoms with Gasteiger partial charge in [0.15, 0.2) is 22.9 Å². The summed E-state index contributed by atoms with van der Waals surface area (Å²) >= 11 is 6.02. The van der Waals surface area contributed by atoms with Crippen LogP contribution in [0.15, 0.2) is 122 Å². The van der Waals surface area contributed by atoms with Gasteiger partial charge in [-0.25, -0.2) is 38.7 Å². The van der Waals surface area contributed by atoms with Crippen LogP contribution in [0.1, 0.15) is 34.4 Å². The van der Waals surface area contributed by atoms with Crippen molar-refractivity contribution in [3.05, 3.63) is 173 Å². The number of nitrogen functional groups attached to an aromatic ring is 2. The predicted octanol–water partition coefficient (Wildman–Crippen LogP) is 8.46. The van der Waals surface area contributed by atoms with Gasteiger partial charge in [-0.05, 0) is 122 Å². The molecule has 0 atom stereocenters. The summed E-state index contributed by atoms with van der Waals surface area (Å²) < 4.78 is 30.2. The van der Waals surface area contributed by atoms with Gasteiger partial charge in [0.05, 0.1) is 41.1 Å². The van der Waals surface area contributed by atoms with E-state index in [4.69, 9.17) is 33.0 Å². The topological polar surface area (TPSA) is 193 Å². The van der Waals surface area contributed by atoms with Gasteiger partial charge >= 0.3 is 0 Å². The zero-order valence-electron chi connectivity index (χ0n) is 36.1. The minimum Gasteiger partial charge on any atom is -0.368 e. The van der Waals surface area contributed by atoms with E-state index in [0.717, 1.165) is 56.4 Å². The number of aryl methyl sites for hydroxylation is 2. The fourth-order valence-corrected chi connectivity index (χ4v) is 7.59. The van der Waals surface area contributed by atoms with Crippen molar-refractivity contribution < 1.29 is 8.78 Å². The summed E-state index contributed by atoms with van der Waals surface area (Å²) in [5.41, 5.74) is 22.8. The lowest BCUT2D eigenvalue weighted by Gasteiger charge is -2.12. The van der Waals surface area contributed by atoms with Crippen molar-refractivity contribution in [2.75, 3.05) is 30.5 Å². The molecule has 328 valence electrons. The van der Waals surface area contributed by atoms with Crippen LogP contribution in [0, 0.1) is 25.5 Å². The van der Waals surface area contributed by atoms with Gasteiger partial charge in [0.25, 0.3) is 0 Å². The summed E-state index contributed by atoms with van der Waals surface area (Å²) in [6, 6.07) is 31.2. The number of nitrogens with zero attached hydrogens (tertiary/aromatic N) is 13. The van der Waals surface area contributed by atoms with Gasteiger partial charge in [0.2, 0.25) is 11.9 Å². The molecule has 0 radical (unpaired) electrons. The van der Waals surface area contributed by atoms with Crippen molar-refractivity contribution in [3.63, 3.8) is 0 Å². The molecule has 8 aromatic heterocycles. The van der Waals surface area contributed by atoms with Crippen LogP contribution in [0.3, 0.4) is 0 Å². The fraction of sp³-hybridized carbons (Fsp3) is 0.125. The maximum absolute atomic E-state index is 13.6. The number of hydrogen-bond acceptors (Lipinski definition) is 13. The average molecular weight is 900 g/mol. The molecule has 0 amide bonds. The molecule has 15 nitrogen and oxygen atoms in total. The van der Waals surface area contributed by atoms with Gasteiger partial charge < -0.3 is 16.4 Å². The third kappa shape index (κ3) is 9.05. The molecule has 66 heavy (non-hydrogen) atoms. The van der Waals surface area contributed by atoms with Crippen LogP contribution in [0.4, 0.5) is 26.5 Å². The zero-order valence-corrected chi connectivity index (χ0v) is 36.8. The highest BCUT2D eigenvalue weighted by molar-refractivity contribution is 6.29. The smallest absolute Gasteiger partial charge is 0.223 e. The van der Waals surface area contributed by atoms with E-state index in [-0.39, 0.29) is 23.5 Å². The van der Waals surface area contributed by atoms with Gasteiger partial charge in [-0.15, -0.1) is 10.2 Å². The van der Waals surface area contributed by atoms with E-state index in [0.29, 0.717) is 57.9 Å². The Balaban J connectivity index is 0.000000166. The highest BCUT2D eigenvalue weighted by atomic mass is 35.5. The Hall–Kier alpha value is -8.31. The zero-order chi connectivity index (χ0) is 46.1. The minimum absolute atomic E-state index is 0.173. The second-order valence-electron chi connectivity index (χ2n) is 15.5. The molecule has 0 aliphatic heterocycles. The Morgan fingerprint density at radius 1 is 0.545 bits per heavy atom. The van der Waals surface area contributed by atoms with Crippen molar-refractivity contribution >= 4 is 40.6 Å². The Labute approximate surface area is 381 Å². The lowest BCUT2D eigenvalue weighted by atomic mass is 10.0. The van der Waals surface area contributed by atoms with Crippen LogP contribution in [0.25, 0.3) is 56.1 Å². The van der Waals surface area contributed by atoms with E-state index < -0.39 is 0 Å². The number of anilines is 3. The van der Waals surface area contributed by atoms with Crippen molar-refractivity contribution in [1.82, 2.24) is 59.1 Å². The summed E-state index contributed by atoms with van der Waals surface area (Å²) in [5, 5.41) is 9.58. The van der Waals surface area contributed by atoms with Crippen LogP contribution >= 0.6 is 11.6 Å². The van der Waals surface area contributed by atoms with Gasteiger partial charge in [0.1, 0.15) is 22.6 Å². The molecule has 4 N–H and O–H groups in total. The minimum atomic E-state index is -0.331. The fourth-order valence-electron chi connectivity index (χ4n) is 7.40. The van der Waals surface area contributed by atoms with Gasteiger partial charge in [-0.1, -0.05) is 23.7 Å². The Bertz CT molecular complexity index is 3390. The first kappa shape index (κ1) is 43.0. The maximum atomic E-state index is 13.6. The second-order valence-corrected chi connectivity index (χ2v) is 15.9. The van der Waals surface area contributed by atoms with E-state index in [2.05, 4.69) is 40.1 Å². The summed E-state index contributed by atoms with van der Waals surface area (Å²) in [6.45, 7) is 3.82. The first-order chi connectivity index (χ1) is 31.9. The number of hydrogen-bond donors (Lipinski definition) is 2. The molecule has 0 bridgehead atoms. The molecular weight excluding hydrogens is 860 g/mol.